The Hall–Kier alpha value is -0.0700. The average molecular weight is 228 g/mol. The Morgan fingerprint density at radius 2 is 1.81 bits per heavy atom. The van der Waals surface area contributed by atoms with Crippen LogP contribution in [0, 0.1) is 23.7 Å². The summed E-state index contributed by atoms with van der Waals surface area (Å²) in [7, 11) is 0. The number of alkyl halides is 1. The molecule has 16 heavy (non-hydrogen) atoms. The van der Waals surface area contributed by atoms with Gasteiger partial charge in [-0.05, 0) is 43.4 Å². The second-order valence-corrected chi connectivity index (χ2v) is 6.23. The lowest BCUT2D eigenvalue weighted by atomic mass is 9.76. The highest BCUT2D eigenvalue weighted by molar-refractivity contribution is 5.01. The Labute approximate surface area is 101 Å². The molecule has 1 rings (SSSR count). The standard InChI is InChI=1S/C15H29F/c1-6-8-12(4)14(11(3)7-2)9-13-10-15(13,5)16/h11-14H,6-10H2,1-5H3/t11-,12+,13?,14?,15?/m1/s1. The Bertz CT molecular complexity index is 209. The molecule has 0 aromatic heterocycles. The van der Waals surface area contributed by atoms with Gasteiger partial charge in [-0.2, -0.15) is 0 Å². The number of rotatable bonds is 7. The van der Waals surface area contributed by atoms with Gasteiger partial charge in [-0.15, -0.1) is 0 Å². The summed E-state index contributed by atoms with van der Waals surface area (Å²) in [5.41, 5.74) is -0.836. The van der Waals surface area contributed by atoms with Crippen molar-refractivity contribution in [1.29, 1.82) is 0 Å². The van der Waals surface area contributed by atoms with Gasteiger partial charge in [0.1, 0.15) is 5.67 Å². The maximum atomic E-state index is 13.6. The SMILES string of the molecule is CCC[C@H](C)C(CC1CC1(C)F)[C@H](C)CC. The average Bonchev–Trinajstić information content (AvgIpc) is 2.82. The van der Waals surface area contributed by atoms with E-state index in [9.17, 15) is 4.39 Å². The van der Waals surface area contributed by atoms with Gasteiger partial charge in [0.2, 0.25) is 0 Å². The van der Waals surface area contributed by atoms with E-state index in [0.29, 0.717) is 5.92 Å². The molecule has 0 aliphatic heterocycles. The van der Waals surface area contributed by atoms with Crippen LogP contribution in [-0.2, 0) is 0 Å². The van der Waals surface area contributed by atoms with Crippen molar-refractivity contribution in [1.82, 2.24) is 0 Å². The fourth-order valence-corrected chi connectivity index (χ4v) is 3.08. The minimum absolute atomic E-state index is 0.353. The van der Waals surface area contributed by atoms with Crippen molar-refractivity contribution >= 4 is 0 Å². The van der Waals surface area contributed by atoms with Crippen LogP contribution in [0.2, 0.25) is 0 Å². The molecule has 0 N–H and O–H groups in total. The summed E-state index contributed by atoms with van der Waals surface area (Å²) in [6.07, 6.45) is 5.70. The summed E-state index contributed by atoms with van der Waals surface area (Å²) in [5.74, 6) is 2.59. The lowest BCUT2D eigenvalue weighted by Gasteiger charge is -2.29. The molecule has 1 aliphatic rings. The van der Waals surface area contributed by atoms with Crippen LogP contribution in [0.1, 0.15) is 66.7 Å². The molecule has 5 atom stereocenters. The maximum Gasteiger partial charge on any atom is 0.111 e. The van der Waals surface area contributed by atoms with Gasteiger partial charge < -0.3 is 0 Å². The molecule has 1 aliphatic carbocycles. The van der Waals surface area contributed by atoms with Crippen molar-refractivity contribution in [3.05, 3.63) is 0 Å². The third-order valence-corrected chi connectivity index (χ3v) is 4.74. The van der Waals surface area contributed by atoms with E-state index >= 15 is 0 Å². The third-order valence-electron chi connectivity index (χ3n) is 4.74. The van der Waals surface area contributed by atoms with Crippen molar-refractivity contribution < 1.29 is 4.39 Å². The molecule has 0 saturated heterocycles. The van der Waals surface area contributed by atoms with Crippen molar-refractivity contribution in [2.45, 2.75) is 72.4 Å². The fraction of sp³-hybridized carbons (Fsp3) is 1.00. The number of hydrogen-bond acceptors (Lipinski definition) is 0. The molecule has 0 nitrogen and oxygen atoms in total. The van der Waals surface area contributed by atoms with Crippen molar-refractivity contribution in [2.24, 2.45) is 23.7 Å². The molecule has 0 bridgehead atoms. The monoisotopic (exact) mass is 228 g/mol. The molecule has 96 valence electrons. The predicted octanol–water partition coefficient (Wildman–Crippen LogP) is 5.22. The molecular weight excluding hydrogens is 199 g/mol. The summed E-state index contributed by atoms with van der Waals surface area (Å²) in [4.78, 5) is 0. The third kappa shape index (κ3) is 3.46. The number of hydrogen-bond donors (Lipinski definition) is 0. The van der Waals surface area contributed by atoms with Gasteiger partial charge in [-0.1, -0.05) is 47.0 Å². The molecule has 0 aromatic carbocycles. The van der Waals surface area contributed by atoms with E-state index in [-0.39, 0.29) is 0 Å². The highest BCUT2D eigenvalue weighted by Gasteiger charge is 2.51. The Kier molecular flexibility index (Phi) is 4.82. The zero-order valence-corrected chi connectivity index (χ0v) is 11.7. The lowest BCUT2D eigenvalue weighted by molar-refractivity contribution is 0.192. The van der Waals surface area contributed by atoms with Gasteiger partial charge in [0.25, 0.3) is 0 Å². The van der Waals surface area contributed by atoms with E-state index < -0.39 is 5.67 Å². The van der Waals surface area contributed by atoms with E-state index in [1.54, 1.807) is 6.92 Å². The summed E-state index contributed by atoms with van der Waals surface area (Å²) in [6.45, 7) is 11.0. The number of halogens is 1. The van der Waals surface area contributed by atoms with Crippen LogP contribution in [0.5, 0.6) is 0 Å². The molecule has 3 unspecified atom stereocenters. The van der Waals surface area contributed by atoms with E-state index in [2.05, 4.69) is 27.7 Å². The maximum absolute atomic E-state index is 13.6. The molecule has 0 heterocycles. The molecule has 0 aromatic rings. The fourth-order valence-electron chi connectivity index (χ4n) is 3.08. The van der Waals surface area contributed by atoms with E-state index in [0.717, 1.165) is 30.6 Å². The van der Waals surface area contributed by atoms with Crippen LogP contribution in [0.4, 0.5) is 4.39 Å². The summed E-state index contributed by atoms with van der Waals surface area (Å²) in [6, 6.07) is 0. The summed E-state index contributed by atoms with van der Waals surface area (Å²) >= 11 is 0. The zero-order valence-electron chi connectivity index (χ0n) is 11.7. The highest BCUT2D eigenvalue weighted by atomic mass is 19.1. The summed E-state index contributed by atoms with van der Waals surface area (Å²) < 4.78 is 13.6. The highest BCUT2D eigenvalue weighted by Crippen LogP contribution is 2.52. The van der Waals surface area contributed by atoms with Crippen LogP contribution >= 0.6 is 0 Å². The van der Waals surface area contributed by atoms with E-state index in [4.69, 9.17) is 0 Å². The largest absolute Gasteiger partial charge is 0.244 e. The van der Waals surface area contributed by atoms with Gasteiger partial charge in [0, 0.05) is 0 Å². The molecular formula is C15H29F. The van der Waals surface area contributed by atoms with Gasteiger partial charge in [-0.25, -0.2) is 4.39 Å². The van der Waals surface area contributed by atoms with E-state index in [1.165, 1.54) is 19.3 Å². The van der Waals surface area contributed by atoms with Gasteiger partial charge in [-0.3, -0.25) is 0 Å². The van der Waals surface area contributed by atoms with Crippen LogP contribution in [0.3, 0.4) is 0 Å². The van der Waals surface area contributed by atoms with Crippen LogP contribution in [-0.4, -0.2) is 5.67 Å². The Balaban J connectivity index is 2.51. The molecule has 1 saturated carbocycles. The van der Waals surface area contributed by atoms with Crippen LogP contribution < -0.4 is 0 Å². The van der Waals surface area contributed by atoms with Crippen molar-refractivity contribution in [2.75, 3.05) is 0 Å². The van der Waals surface area contributed by atoms with Crippen LogP contribution in [0.25, 0.3) is 0 Å². The smallest absolute Gasteiger partial charge is 0.111 e. The van der Waals surface area contributed by atoms with E-state index in [1.807, 2.05) is 0 Å². The second kappa shape index (κ2) is 5.51. The van der Waals surface area contributed by atoms with Crippen LogP contribution in [0.15, 0.2) is 0 Å². The van der Waals surface area contributed by atoms with Crippen molar-refractivity contribution in [3.63, 3.8) is 0 Å². The van der Waals surface area contributed by atoms with Gasteiger partial charge in [0.15, 0.2) is 0 Å². The molecule has 0 amide bonds. The quantitative estimate of drug-likeness (QED) is 0.560. The predicted molar refractivity (Wildman–Crippen MR) is 69.3 cm³/mol. The first-order valence-corrected chi connectivity index (χ1v) is 7.11. The first-order valence-electron chi connectivity index (χ1n) is 7.11. The Morgan fingerprint density at radius 1 is 1.25 bits per heavy atom. The van der Waals surface area contributed by atoms with Gasteiger partial charge >= 0.3 is 0 Å². The van der Waals surface area contributed by atoms with Crippen molar-refractivity contribution in [3.8, 4) is 0 Å². The second-order valence-electron chi connectivity index (χ2n) is 6.23. The molecule has 0 spiro atoms. The first kappa shape index (κ1) is 14.0. The molecule has 0 radical (unpaired) electrons. The Morgan fingerprint density at radius 3 is 2.19 bits per heavy atom. The van der Waals surface area contributed by atoms with Gasteiger partial charge in [0.05, 0.1) is 0 Å². The summed E-state index contributed by atoms with van der Waals surface area (Å²) in [5, 5.41) is 0. The minimum atomic E-state index is -0.836. The molecule has 1 fully saturated rings. The zero-order chi connectivity index (χ0) is 12.3. The lowest BCUT2D eigenvalue weighted by Crippen LogP contribution is -2.21. The minimum Gasteiger partial charge on any atom is -0.244 e. The topological polar surface area (TPSA) is 0 Å². The normalized spacial score (nSPS) is 34.5. The first-order chi connectivity index (χ1) is 7.42. The molecule has 1 heteroatoms.